The average Bonchev–Trinajstić information content (AvgIpc) is 2.43. The minimum atomic E-state index is -0.454. The van der Waals surface area contributed by atoms with Gasteiger partial charge in [0.1, 0.15) is 10.6 Å². The molecule has 4 heteroatoms. The fourth-order valence-electron chi connectivity index (χ4n) is 0.964. The lowest BCUT2D eigenvalue weighted by molar-refractivity contribution is 0.475. The quantitative estimate of drug-likeness (QED) is 0.741. The molecule has 2 nitrogen and oxygen atoms in total. The van der Waals surface area contributed by atoms with Gasteiger partial charge in [0, 0.05) is 5.70 Å². The van der Waals surface area contributed by atoms with Crippen molar-refractivity contribution in [2.24, 2.45) is 5.73 Å². The molecule has 0 bridgehead atoms. The van der Waals surface area contributed by atoms with Crippen LogP contribution in [0.2, 0.25) is 0 Å². The van der Waals surface area contributed by atoms with Crippen LogP contribution in [0.4, 0.5) is 0 Å². The van der Waals surface area contributed by atoms with Crippen molar-refractivity contribution >= 4 is 23.2 Å². The van der Waals surface area contributed by atoms with Crippen molar-refractivity contribution in [1.29, 1.82) is 0 Å². The lowest BCUT2D eigenvalue weighted by Crippen LogP contribution is -2.03. The summed E-state index contributed by atoms with van der Waals surface area (Å²) in [6.45, 7) is 9.79. The molecular formula is C15H25Cl2NO. The third-order valence-corrected chi connectivity index (χ3v) is 2.90. The molecule has 0 heterocycles. The Labute approximate surface area is 127 Å². The Bertz CT molecular complexity index is 338. The van der Waals surface area contributed by atoms with Crippen LogP contribution in [-0.4, -0.2) is 9.94 Å². The van der Waals surface area contributed by atoms with Gasteiger partial charge in [-0.05, 0) is 38.0 Å². The van der Waals surface area contributed by atoms with E-state index in [0.717, 1.165) is 17.7 Å². The second-order valence-corrected chi connectivity index (χ2v) is 4.79. The molecule has 0 aliphatic heterocycles. The van der Waals surface area contributed by atoms with E-state index in [4.69, 9.17) is 34.0 Å². The molecule has 0 aromatic heterocycles. The maximum Gasteiger partial charge on any atom is 0.130 e. The molecule has 3 N–H and O–H groups in total. The first kappa shape index (κ1) is 20.5. The fraction of sp³-hybridized carbons (Fsp3) is 0.467. The van der Waals surface area contributed by atoms with Crippen LogP contribution in [-0.2, 0) is 0 Å². The highest BCUT2D eigenvalue weighted by Gasteiger charge is 2.03. The minimum Gasteiger partial charge on any atom is -0.508 e. The highest BCUT2D eigenvalue weighted by molar-refractivity contribution is 6.46. The van der Waals surface area contributed by atoms with E-state index >= 15 is 0 Å². The molecule has 0 fully saturated rings. The molecule has 0 amide bonds. The number of aromatic hydroxyl groups is 1. The molecule has 0 atom stereocenters. The largest absolute Gasteiger partial charge is 0.508 e. The van der Waals surface area contributed by atoms with Crippen LogP contribution in [0.3, 0.4) is 0 Å². The van der Waals surface area contributed by atoms with Gasteiger partial charge < -0.3 is 10.8 Å². The van der Waals surface area contributed by atoms with E-state index in [9.17, 15) is 0 Å². The summed E-state index contributed by atoms with van der Waals surface area (Å²) < 4.78 is 0. The molecule has 0 radical (unpaired) electrons. The predicted molar refractivity (Wildman–Crippen MR) is 86.9 cm³/mol. The SMILES string of the molecule is CC.CC/C(N)=C(/C)C(Cl)Cl.Cc1ccc(O)cc1. The Morgan fingerprint density at radius 3 is 1.84 bits per heavy atom. The van der Waals surface area contributed by atoms with Gasteiger partial charge in [-0.1, -0.05) is 38.5 Å². The van der Waals surface area contributed by atoms with Crippen molar-refractivity contribution in [2.75, 3.05) is 0 Å². The topological polar surface area (TPSA) is 46.2 Å². The normalized spacial score (nSPS) is 10.7. The van der Waals surface area contributed by atoms with Crippen LogP contribution in [0.5, 0.6) is 5.75 Å². The number of halogens is 2. The standard InChI is InChI=1S/C7H8O.C6H11Cl2N.C2H6/c1-6-2-4-7(8)5-3-6;1-3-5(9)4(2)6(7)8;1-2/h2-5,8H,1H3;6H,3,9H2,1-2H3;1-2H3/b;5-4+;. The molecule has 0 aliphatic rings. The van der Waals surface area contributed by atoms with E-state index in [-0.39, 0.29) is 0 Å². The zero-order valence-corrected chi connectivity index (χ0v) is 13.9. The molecule has 0 saturated heterocycles. The molecule has 0 saturated carbocycles. The third kappa shape index (κ3) is 10.7. The van der Waals surface area contributed by atoms with Gasteiger partial charge >= 0.3 is 0 Å². The van der Waals surface area contributed by atoms with Crippen molar-refractivity contribution in [3.8, 4) is 5.75 Å². The third-order valence-electron chi connectivity index (χ3n) is 2.25. The molecule has 0 spiro atoms. The highest BCUT2D eigenvalue weighted by atomic mass is 35.5. The van der Waals surface area contributed by atoms with E-state index in [1.54, 1.807) is 12.1 Å². The molecule has 1 aromatic rings. The number of rotatable bonds is 2. The number of nitrogens with two attached hydrogens (primary N) is 1. The first-order valence-electron chi connectivity index (χ1n) is 6.37. The van der Waals surface area contributed by atoms with Crippen LogP contribution >= 0.6 is 23.2 Å². The van der Waals surface area contributed by atoms with Crippen molar-refractivity contribution in [2.45, 2.75) is 45.9 Å². The molecule has 19 heavy (non-hydrogen) atoms. The Kier molecular flexibility index (Phi) is 13.1. The number of aryl methyl sites for hydroxylation is 1. The summed E-state index contributed by atoms with van der Waals surface area (Å²) in [7, 11) is 0. The van der Waals surface area contributed by atoms with Gasteiger partial charge in [0.15, 0.2) is 0 Å². The second kappa shape index (κ2) is 12.2. The van der Waals surface area contributed by atoms with Crippen LogP contribution in [0, 0.1) is 6.92 Å². The zero-order valence-electron chi connectivity index (χ0n) is 12.4. The first-order chi connectivity index (χ1) is 8.88. The zero-order chi connectivity index (χ0) is 15.4. The van der Waals surface area contributed by atoms with Crippen LogP contribution < -0.4 is 5.73 Å². The Morgan fingerprint density at radius 1 is 1.21 bits per heavy atom. The summed E-state index contributed by atoms with van der Waals surface area (Å²) in [5.74, 6) is 0.329. The predicted octanol–water partition coefficient (Wildman–Crippen LogP) is 5.16. The van der Waals surface area contributed by atoms with Crippen molar-refractivity contribution in [3.63, 3.8) is 0 Å². The number of phenolic OH excluding ortho intramolecular Hbond substituents is 1. The van der Waals surface area contributed by atoms with Gasteiger partial charge in [-0.25, -0.2) is 0 Å². The second-order valence-electron chi connectivity index (χ2n) is 3.70. The number of allylic oxidation sites excluding steroid dienone is 2. The molecule has 1 rings (SSSR count). The van der Waals surface area contributed by atoms with Gasteiger partial charge in [-0.15, -0.1) is 23.2 Å². The first-order valence-corrected chi connectivity index (χ1v) is 7.24. The van der Waals surface area contributed by atoms with Crippen molar-refractivity contribution < 1.29 is 5.11 Å². The van der Waals surface area contributed by atoms with Gasteiger partial charge in [0.2, 0.25) is 0 Å². The number of phenols is 1. The van der Waals surface area contributed by atoms with E-state index < -0.39 is 4.84 Å². The lowest BCUT2D eigenvalue weighted by Gasteiger charge is -2.04. The van der Waals surface area contributed by atoms with Gasteiger partial charge in [-0.3, -0.25) is 0 Å². The van der Waals surface area contributed by atoms with E-state index in [1.807, 2.05) is 46.8 Å². The number of alkyl halides is 2. The highest BCUT2D eigenvalue weighted by Crippen LogP contribution is 2.16. The van der Waals surface area contributed by atoms with Crippen molar-refractivity contribution in [3.05, 3.63) is 41.1 Å². The molecule has 110 valence electrons. The molecular weight excluding hydrogens is 281 g/mol. The number of hydrogen-bond donors (Lipinski definition) is 2. The van der Waals surface area contributed by atoms with E-state index in [2.05, 4.69) is 0 Å². The van der Waals surface area contributed by atoms with Gasteiger partial charge in [-0.2, -0.15) is 0 Å². The summed E-state index contributed by atoms with van der Waals surface area (Å²) in [5, 5.41) is 8.76. The van der Waals surface area contributed by atoms with E-state index in [0.29, 0.717) is 5.75 Å². The smallest absolute Gasteiger partial charge is 0.130 e. The van der Waals surface area contributed by atoms with Gasteiger partial charge in [0.05, 0.1) is 0 Å². The number of hydrogen-bond acceptors (Lipinski definition) is 2. The Hall–Kier alpha value is -0.860. The summed E-state index contributed by atoms with van der Waals surface area (Å²) in [6, 6.07) is 7.09. The van der Waals surface area contributed by atoms with Gasteiger partial charge in [0.25, 0.3) is 0 Å². The summed E-state index contributed by atoms with van der Waals surface area (Å²) >= 11 is 11.1. The monoisotopic (exact) mass is 305 g/mol. The van der Waals surface area contributed by atoms with Crippen LogP contribution in [0.15, 0.2) is 35.5 Å². The minimum absolute atomic E-state index is 0.329. The summed E-state index contributed by atoms with van der Waals surface area (Å²) in [5.41, 5.74) is 8.34. The maximum atomic E-state index is 8.76. The molecule has 0 aliphatic carbocycles. The van der Waals surface area contributed by atoms with Crippen molar-refractivity contribution in [1.82, 2.24) is 0 Å². The molecule has 1 aromatic carbocycles. The van der Waals surface area contributed by atoms with Crippen LogP contribution in [0.25, 0.3) is 0 Å². The Balaban J connectivity index is 0. The lowest BCUT2D eigenvalue weighted by atomic mass is 10.2. The molecule has 0 unspecified atom stereocenters. The fourth-order valence-corrected chi connectivity index (χ4v) is 1.24. The average molecular weight is 306 g/mol. The van der Waals surface area contributed by atoms with E-state index in [1.165, 1.54) is 5.56 Å². The Morgan fingerprint density at radius 2 is 1.63 bits per heavy atom. The summed E-state index contributed by atoms with van der Waals surface area (Å²) in [6.07, 6.45) is 0.807. The summed E-state index contributed by atoms with van der Waals surface area (Å²) in [4.78, 5) is -0.454. The maximum absolute atomic E-state index is 8.76. The number of benzene rings is 1. The van der Waals surface area contributed by atoms with Crippen LogP contribution in [0.1, 0.15) is 39.7 Å².